The maximum Gasteiger partial charge on any atom is 0.237 e. The van der Waals surface area contributed by atoms with Crippen LogP contribution < -0.4 is 5.32 Å². The van der Waals surface area contributed by atoms with E-state index in [0.717, 1.165) is 25.9 Å². The monoisotopic (exact) mass is 204 g/mol. The lowest BCUT2D eigenvalue weighted by atomic mass is 10.1. The Morgan fingerprint density at radius 1 is 1.54 bits per heavy atom. The Morgan fingerprint density at radius 3 is 2.54 bits per heavy atom. The predicted molar refractivity (Wildman–Crippen MR) is 54.0 cm³/mol. The zero-order valence-corrected chi connectivity index (χ0v) is 8.97. The highest BCUT2D eigenvalue weighted by molar-refractivity contribution is 6.30. The molecule has 76 valence electrons. The summed E-state index contributed by atoms with van der Waals surface area (Å²) in [6, 6.07) is 0.324. The van der Waals surface area contributed by atoms with Crippen molar-refractivity contribution >= 4 is 17.5 Å². The molecule has 0 radical (unpaired) electrons. The van der Waals surface area contributed by atoms with Crippen LogP contribution >= 0.6 is 11.6 Å². The van der Waals surface area contributed by atoms with Gasteiger partial charge in [0.2, 0.25) is 5.91 Å². The van der Waals surface area contributed by atoms with E-state index in [4.69, 9.17) is 11.6 Å². The fourth-order valence-electron chi connectivity index (χ4n) is 1.47. The molecule has 1 aliphatic heterocycles. The van der Waals surface area contributed by atoms with E-state index in [2.05, 4.69) is 17.3 Å². The second-order valence-corrected chi connectivity index (χ2v) is 4.36. The van der Waals surface area contributed by atoms with Crippen molar-refractivity contribution in [2.45, 2.75) is 31.2 Å². The average Bonchev–Trinajstić information content (AvgIpc) is 2.08. The number of carbonyl (C=O) groups excluding carboxylic acids is 1. The van der Waals surface area contributed by atoms with Crippen LogP contribution in [0.1, 0.15) is 19.8 Å². The summed E-state index contributed by atoms with van der Waals surface area (Å²) < 4.78 is 0. The predicted octanol–water partition coefficient (Wildman–Crippen LogP) is 0.824. The lowest BCUT2D eigenvalue weighted by Gasteiger charge is -2.29. The normalized spacial score (nSPS) is 22.7. The van der Waals surface area contributed by atoms with Crippen LogP contribution in [0.4, 0.5) is 0 Å². The highest BCUT2D eigenvalue weighted by Crippen LogP contribution is 2.08. The zero-order chi connectivity index (χ0) is 9.84. The summed E-state index contributed by atoms with van der Waals surface area (Å²) in [7, 11) is 2.10. The smallest absolute Gasteiger partial charge is 0.237 e. The average molecular weight is 205 g/mol. The van der Waals surface area contributed by atoms with Gasteiger partial charge < -0.3 is 10.2 Å². The first-order valence-corrected chi connectivity index (χ1v) is 5.16. The number of piperidine rings is 1. The van der Waals surface area contributed by atoms with Crippen LogP contribution in [0.15, 0.2) is 0 Å². The molecule has 0 aromatic rings. The molecule has 1 amide bonds. The van der Waals surface area contributed by atoms with Crippen LogP contribution in [0.3, 0.4) is 0 Å². The summed E-state index contributed by atoms with van der Waals surface area (Å²) >= 11 is 5.65. The highest BCUT2D eigenvalue weighted by Gasteiger charge is 2.19. The van der Waals surface area contributed by atoms with Gasteiger partial charge in [-0.15, -0.1) is 11.6 Å². The number of rotatable bonds is 2. The molecule has 1 saturated heterocycles. The standard InChI is InChI=1S/C9H17ClN2O/c1-7(10)9(13)11-8-3-5-12(2)6-4-8/h7-8H,3-6H2,1-2H3,(H,11,13). The molecule has 13 heavy (non-hydrogen) atoms. The van der Waals surface area contributed by atoms with Crippen LogP contribution in [0.2, 0.25) is 0 Å². The Bertz CT molecular complexity index is 176. The van der Waals surface area contributed by atoms with Crippen molar-refractivity contribution in [2.24, 2.45) is 0 Å². The first kappa shape index (κ1) is 10.8. The quantitative estimate of drug-likeness (QED) is 0.676. The highest BCUT2D eigenvalue weighted by atomic mass is 35.5. The molecule has 0 bridgehead atoms. The number of nitrogens with zero attached hydrogens (tertiary/aromatic N) is 1. The molecule has 3 nitrogen and oxygen atoms in total. The number of amides is 1. The second kappa shape index (κ2) is 4.82. The molecule has 0 aliphatic carbocycles. The van der Waals surface area contributed by atoms with Gasteiger partial charge in [-0.25, -0.2) is 0 Å². The molecule has 0 spiro atoms. The third-order valence-corrected chi connectivity index (χ3v) is 2.62. The minimum absolute atomic E-state index is 0.0452. The molecule has 1 N–H and O–H groups in total. The summed E-state index contributed by atoms with van der Waals surface area (Å²) in [6.45, 7) is 3.81. The Morgan fingerprint density at radius 2 is 2.08 bits per heavy atom. The number of hydrogen-bond donors (Lipinski definition) is 1. The number of likely N-dealkylation sites (tertiary alicyclic amines) is 1. The van der Waals surface area contributed by atoms with Crippen molar-refractivity contribution < 1.29 is 4.79 Å². The third kappa shape index (κ3) is 3.53. The van der Waals surface area contributed by atoms with Crippen molar-refractivity contribution in [3.63, 3.8) is 0 Å². The number of hydrogen-bond acceptors (Lipinski definition) is 2. The molecule has 0 aromatic heterocycles. The first-order chi connectivity index (χ1) is 6.09. The lowest BCUT2D eigenvalue weighted by molar-refractivity contribution is -0.121. The molecule has 0 aromatic carbocycles. The first-order valence-electron chi connectivity index (χ1n) is 4.72. The van der Waals surface area contributed by atoms with Gasteiger partial charge in [-0.05, 0) is 39.9 Å². The van der Waals surface area contributed by atoms with E-state index in [1.807, 2.05) is 0 Å². The van der Waals surface area contributed by atoms with Crippen molar-refractivity contribution in [1.29, 1.82) is 0 Å². The molecule has 1 aliphatic rings. The van der Waals surface area contributed by atoms with Gasteiger partial charge in [0.1, 0.15) is 5.38 Å². The Hall–Kier alpha value is -0.280. The van der Waals surface area contributed by atoms with E-state index in [-0.39, 0.29) is 5.91 Å². The van der Waals surface area contributed by atoms with Gasteiger partial charge in [-0.2, -0.15) is 0 Å². The van der Waals surface area contributed by atoms with E-state index >= 15 is 0 Å². The molecule has 1 unspecified atom stereocenters. The molecule has 4 heteroatoms. The fourth-order valence-corrected chi connectivity index (χ4v) is 1.53. The molecule has 0 saturated carbocycles. The Kier molecular flexibility index (Phi) is 4.00. The largest absolute Gasteiger partial charge is 0.352 e. The minimum Gasteiger partial charge on any atom is -0.352 e. The van der Waals surface area contributed by atoms with Gasteiger partial charge in [-0.1, -0.05) is 0 Å². The van der Waals surface area contributed by atoms with E-state index in [9.17, 15) is 4.79 Å². The molecule has 1 fully saturated rings. The van der Waals surface area contributed by atoms with Crippen molar-refractivity contribution in [3.05, 3.63) is 0 Å². The minimum atomic E-state index is -0.417. The maximum absolute atomic E-state index is 11.2. The number of carbonyl (C=O) groups is 1. The number of alkyl halides is 1. The topological polar surface area (TPSA) is 32.3 Å². The van der Waals surface area contributed by atoms with E-state index in [1.165, 1.54) is 0 Å². The maximum atomic E-state index is 11.2. The Balaban J connectivity index is 2.26. The van der Waals surface area contributed by atoms with Crippen LogP contribution in [0.25, 0.3) is 0 Å². The summed E-state index contributed by atoms with van der Waals surface area (Å²) in [4.78, 5) is 13.5. The second-order valence-electron chi connectivity index (χ2n) is 3.70. The van der Waals surface area contributed by atoms with Gasteiger partial charge in [0.25, 0.3) is 0 Å². The summed E-state index contributed by atoms with van der Waals surface area (Å²) in [5.41, 5.74) is 0. The van der Waals surface area contributed by atoms with E-state index < -0.39 is 5.38 Å². The SMILES string of the molecule is CC(Cl)C(=O)NC1CCN(C)CC1. The molecular weight excluding hydrogens is 188 g/mol. The van der Waals surface area contributed by atoms with Crippen LogP contribution in [-0.2, 0) is 4.79 Å². The fraction of sp³-hybridized carbons (Fsp3) is 0.889. The van der Waals surface area contributed by atoms with Crippen molar-refractivity contribution in [3.8, 4) is 0 Å². The zero-order valence-electron chi connectivity index (χ0n) is 8.22. The van der Waals surface area contributed by atoms with Crippen LogP contribution in [-0.4, -0.2) is 42.4 Å². The third-order valence-electron chi connectivity index (χ3n) is 2.43. The van der Waals surface area contributed by atoms with Crippen LogP contribution in [0.5, 0.6) is 0 Å². The van der Waals surface area contributed by atoms with E-state index in [0.29, 0.717) is 6.04 Å². The number of nitrogens with one attached hydrogen (secondary N) is 1. The van der Waals surface area contributed by atoms with Crippen molar-refractivity contribution in [2.75, 3.05) is 20.1 Å². The van der Waals surface area contributed by atoms with E-state index in [1.54, 1.807) is 6.92 Å². The Labute approximate surface area is 84.4 Å². The molecule has 1 heterocycles. The number of halogens is 1. The van der Waals surface area contributed by atoms with Gasteiger partial charge in [-0.3, -0.25) is 4.79 Å². The van der Waals surface area contributed by atoms with Gasteiger partial charge >= 0.3 is 0 Å². The van der Waals surface area contributed by atoms with Gasteiger partial charge in [0.15, 0.2) is 0 Å². The molecular formula is C9H17ClN2O. The van der Waals surface area contributed by atoms with Crippen molar-refractivity contribution in [1.82, 2.24) is 10.2 Å². The van der Waals surface area contributed by atoms with Gasteiger partial charge in [0, 0.05) is 6.04 Å². The van der Waals surface area contributed by atoms with Gasteiger partial charge in [0.05, 0.1) is 0 Å². The molecule has 1 rings (SSSR count). The summed E-state index contributed by atoms with van der Waals surface area (Å²) in [5.74, 6) is -0.0452. The summed E-state index contributed by atoms with van der Waals surface area (Å²) in [5, 5.41) is 2.52. The lowest BCUT2D eigenvalue weighted by Crippen LogP contribution is -2.45. The van der Waals surface area contributed by atoms with Crippen LogP contribution in [0, 0.1) is 0 Å². The molecule has 1 atom stereocenters. The summed E-state index contributed by atoms with van der Waals surface area (Å²) in [6.07, 6.45) is 2.07.